The van der Waals surface area contributed by atoms with Gasteiger partial charge in [0.2, 0.25) is 0 Å². The van der Waals surface area contributed by atoms with Gasteiger partial charge in [-0.05, 0) is 56.9 Å². The van der Waals surface area contributed by atoms with Crippen molar-refractivity contribution in [1.82, 2.24) is 0 Å². The van der Waals surface area contributed by atoms with Crippen LogP contribution >= 0.6 is 0 Å². The topological polar surface area (TPSA) is 74.6 Å². The van der Waals surface area contributed by atoms with Crippen LogP contribution in [0, 0.1) is 17.8 Å². The van der Waals surface area contributed by atoms with E-state index in [-0.39, 0.29) is 30.0 Å². The molecule has 1 saturated carbocycles. The fourth-order valence-corrected chi connectivity index (χ4v) is 4.36. The zero-order valence-electron chi connectivity index (χ0n) is 18.6. The number of aliphatic hydroxyl groups is 2. The predicted molar refractivity (Wildman–Crippen MR) is 121 cm³/mol. The monoisotopic (exact) mass is 416 g/mol. The maximum Gasteiger partial charge on any atom is 0.159 e. The molecule has 2 rings (SSSR count). The Hall–Kier alpha value is -1.52. The number of ketones is 2. The van der Waals surface area contributed by atoms with E-state index in [9.17, 15) is 14.7 Å². The molecule has 168 valence electrons. The van der Waals surface area contributed by atoms with E-state index in [0.717, 1.165) is 38.5 Å². The van der Waals surface area contributed by atoms with Crippen LogP contribution in [0.25, 0.3) is 0 Å². The Kier molecular flexibility index (Phi) is 10.7. The van der Waals surface area contributed by atoms with Gasteiger partial charge in [-0.3, -0.25) is 9.59 Å². The van der Waals surface area contributed by atoms with Crippen molar-refractivity contribution in [1.29, 1.82) is 0 Å². The maximum atomic E-state index is 12.2. The summed E-state index contributed by atoms with van der Waals surface area (Å²) >= 11 is 0. The smallest absolute Gasteiger partial charge is 0.159 e. The van der Waals surface area contributed by atoms with Gasteiger partial charge in [-0.25, -0.2) is 0 Å². The molecule has 2 aliphatic carbocycles. The number of hydrogen-bond acceptors (Lipinski definition) is 4. The van der Waals surface area contributed by atoms with Crippen molar-refractivity contribution in [2.75, 3.05) is 6.61 Å². The van der Waals surface area contributed by atoms with E-state index in [4.69, 9.17) is 5.11 Å². The van der Waals surface area contributed by atoms with Gasteiger partial charge in [0.15, 0.2) is 11.6 Å². The van der Waals surface area contributed by atoms with Crippen LogP contribution < -0.4 is 0 Å². The van der Waals surface area contributed by atoms with E-state index in [1.54, 1.807) is 6.08 Å². The van der Waals surface area contributed by atoms with Crippen molar-refractivity contribution >= 4 is 11.6 Å². The maximum absolute atomic E-state index is 12.2. The number of rotatable bonds is 16. The third kappa shape index (κ3) is 8.31. The Bertz CT molecular complexity index is 629. The average molecular weight is 417 g/mol. The zero-order chi connectivity index (χ0) is 21.8. The van der Waals surface area contributed by atoms with Crippen LogP contribution in [0.5, 0.6) is 0 Å². The molecule has 0 amide bonds. The molecule has 0 bridgehead atoms. The minimum Gasteiger partial charge on any atom is -0.389 e. The average Bonchev–Trinajstić information content (AvgIpc) is 3.54. The van der Waals surface area contributed by atoms with Crippen molar-refractivity contribution in [3.05, 3.63) is 36.5 Å². The lowest BCUT2D eigenvalue weighted by molar-refractivity contribution is -0.121. The SMILES string of the molecule is CCCCCCC(O)(C/C=C/[C@H]1C=CC(=O)[C@@H]1C/C=C\CCCC(=O)CO)C1CC1. The number of unbranched alkanes of at least 4 members (excludes halogenated alkanes) is 4. The van der Waals surface area contributed by atoms with Gasteiger partial charge in [0.1, 0.15) is 6.61 Å². The second kappa shape index (κ2) is 13.0. The first kappa shape index (κ1) is 24.7. The fraction of sp³-hybridized carbons (Fsp3) is 0.692. The molecule has 0 heterocycles. The summed E-state index contributed by atoms with van der Waals surface area (Å²) in [7, 11) is 0. The molecular weight excluding hydrogens is 376 g/mol. The lowest BCUT2D eigenvalue weighted by Crippen LogP contribution is -2.30. The Morgan fingerprint density at radius 1 is 1.17 bits per heavy atom. The van der Waals surface area contributed by atoms with Gasteiger partial charge in [-0.2, -0.15) is 0 Å². The largest absolute Gasteiger partial charge is 0.389 e. The van der Waals surface area contributed by atoms with Crippen molar-refractivity contribution in [3.63, 3.8) is 0 Å². The lowest BCUT2D eigenvalue weighted by Gasteiger charge is -2.27. The van der Waals surface area contributed by atoms with Crippen LogP contribution in [0.15, 0.2) is 36.5 Å². The molecule has 0 radical (unpaired) electrons. The summed E-state index contributed by atoms with van der Waals surface area (Å²) in [5, 5.41) is 19.9. The standard InChI is InChI=1S/C26H40O4/c1-2-3-4-9-18-26(30,22-15-16-22)19-10-11-21-14-17-25(29)24(21)13-8-6-5-7-12-23(28)20-27/h6,8,10-11,14,17,21-22,24,27,30H,2-5,7,9,12-13,15-16,18-20H2,1H3/b8-6-,11-10+/t21-,24+,26?/m0/s1. The Labute approximate surface area is 182 Å². The minimum absolute atomic E-state index is 0.0601. The third-order valence-corrected chi connectivity index (χ3v) is 6.50. The zero-order valence-corrected chi connectivity index (χ0v) is 18.6. The minimum atomic E-state index is -0.571. The molecule has 0 aromatic heterocycles. The first-order valence-electron chi connectivity index (χ1n) is 11.9. The van der Waals surface area contributed by atoms with Crippen molar-refractivity contribution in [2.45, 2.75) is 89.6 Å². The highest BCUT2D eigenvalue weighted by Gasteiger charge is 2.42. The van der Waals surface area contributed by atoms with E-state index in [1.165, 1.54) is 19.3 Å². The molecule has 2 aliphatic rings. The first-order valence-corrected chi connectivity index (χ1v) is 11.9. The Morgan fingerprint density at radius 3 is 2.67 bits per heavy atom. The summed E-state index contributed by atoms with van der Waals surface area (Å²) < 4.78 is 0. The van der Waals surface area contributed by atoms with Crippen LogP contribution in [0.2, 0.25) is 0 Å². The highest BCUT2D eigenvalue weighted by Crippen LogP contribution is 2.44. The summed E-state index contributed by atoms with van der Waals surface area (Å²) in [5.74, 6) is 0.528. The molecule has 0 aromatic rings. The van der Waals surface area contributed by atoms with E-state index < -0.39 is 5.60 Å². The van der Waals surface area contributed by atoms with Crippen LogP contribution in [-0.4, -0.2) is 34.0 Å². The molecule has 0 spiro atoms. The quantitative estimate of drug-likeness (QED) is 0.271. The number of Topliss-reactive ketones (excluding diaryl/α,β-unsaturated/α-hetero) is 1. The number of hydrogen-bond donors (Lipinski definition) is 2. The summed E-state index contributed by atoms with van der Waals surface area (Å²) in [6.45, 7) is 1.82. The summed E-state index contributed by atoms with van der Waals surface area (Å²) in [6.07, 6.45) is 23.1. The normalized spacial score (nSPS) is 23.6. The van der Waals surface area contributed by atoms with Gasteiger partial charge in [-0.15, -0.1) is 0 Å². The van der Waals surface area contributed by atoms with Crippen molar-refractivity contribution < 1.29 is 19.8 Å². The molecule has 0 aliphatic heterocycles. The molecule has 2 N–H and O–H groups in total. The number of aliphatic hydroxyl groups excluding tert-OH is 1. The van der Waals surface area contributed by atoms with Gasteiger partial charge in [-0.1, -0.05) is 63.0 Å². The van der Waals surface area contributed by atoms with Crippen LogP contribution in [0.3, 0.4) is 0 Å². The van der Waals surface area contributed by atoms with Gasteiger partial charge in [0.05, 0.1) is 5.60 Å². The first-order chi connectivity index (χ1) is 14.5. The van der Waals surface area contributed by atoms with Crippen LogP contribution in [0.4, 0.5) is 0 Å². The van der Waals surface area contributed by atoms with Crippen LogP contribution in [0.1, 0.15) is 84.0 Å². The van der Waals surface area contributed by atoms with Gasteiger partial charge in [0.25, 0.3) is 0 Å². The highest BCUT2D eigenvalue weighted by atomic mass is 16.3. The summed E-state index contributed by atoms with van der Waals surface area (Å²) in [4.78, 5) is 23.3. The van der Waals surface area contributed by atoms with E-state index in [1.807, 2.05) is 18.2 Å². The molecule has 1 unspecified atom stereocenters. The number of carbonyl (C=O) groups is 2. The summed E-state index contributed by atoms with van der Waals surface area (Å²) in [6, 6.07) is 0. The van der Waals surface area contributed by atoms with E-state index in [2.05, 4.69) is 19.1 Å². The lowest BCUT2D eigenvalue weighted by atomic mass is 9.86. The van der Waals surface area contributed by atoms with Crippen molar-refractivity contribution in [3.8, 4) is 0 Å². The molecule has 0 aromatic carbocycles. The molecule has 4 nitrogen and oxygen atoms in total. The highest BCUT2D eigenvalue weighted by molar-refractivity contribution is 5.95. The Balaban J connectivity index is 1.78. The molecule has 1 fully saturated rings. The second-order valence-corrected chi connectivity index (χ2v) is 9.06. The molecular formula is C26H40O4. The van der Waals surface area contributed by atoms with Crippen LogP contribution in [-0.2, 0) is 9.59 Å². The molecule has 30 heavy (non-hydrogen) atoms. The number of allylic oxidation sites excluding steroid dienone is 5. The van der Waals surface area contributed by atoms with Gasteiger partial charge in [0, 0.05) is 18.3 Å². The molecule has 4 heteroatoms. The van der Waals surface area contributed by atoms with Gasteiger partial charge < -0.3 is 10.2 Å². The van der Waals surface area contributed by atoms with E-state index >= 15 is 0 Å². The molecule has 3 atom stereocenters. The van der Waals surface area contributed by atoms with E-state index in [0.29, 0.717) is 25.2 Å². The van der Waals surface area contributed by atoms with Gasteiger partial charge >= 0.3 is 0 Å². The third-order valence-electron chi connectivity index (χ3n) is 6.50. The number of carbonyl (C=O) groups excluding carboxylic acids is 2. The summed E-state index contributed by atoms with van der Waals surface area (Å²) in [5.41, 5.74) is -0.571. The fourth-order valence-electron chi connectivity index (χ4n) is 4.36. The predicted octanol–water partition coefficient (Wildman–Crippen LogP) is 5.09. The second-order valence-electron chi connectivity index (χ2n) is 9.06. The Morgan fingerprint density at radius 2 is 1.97 bits per heavy atom. The molecule has 0 saturated heterocycles. The van der Waals surface area contributed by atoms with Crippen molar-refractivity contribution in [2.24, 2.45) is 17.8 Å².